The number of halogens is 1. The summed E-state index contributed by atoms with van der Waals surface area (Å²) in [6.45, 7) is 13.9. The second-order valence-electron chi connectivity index (χ2n) is 9.61. The van der Waals surface area contributed by atoms with Crippen LogP contribution in [0.4, 0.5) is 0 Å². The Labute approximate surface area is 246 Å². The standard InChI is InChI=1S/2C12H27P.C8H5.ClH.Pd/c2*1-4-7-10-13(11-8-5-2)12-9-6-3;1-2-8-6-4-3-5-7-8;;/h2*4-12H2,1-3H3;3-7H;1H;/q;;-1;;+2/p+1. The van der Waals surface area contributed by atoms with Gasteiger partial charge in [-0.05, 0) is 38.5 Å². The Morgan fingerprint density at radius 1 is 0.556 bits per heavy atom. The normalized spacial score (nSPS) is 9.94. The Morgan fingerprint density at radius 2 is 0.806 bits per heavy atom. The second kappa shape index (κ2) is 37.7. The van der Waals surface area contributed by atoms with Crippen molar-refractivity contribution in [3.05, 3.63) is 42.3 Å². The quantitative estimate of drug-likeness (QED) is 0.0643. The van der Waals surface area contributed by atoms with Crippen LogP contribution in [0, 0.1) is 12.3 Å². The Kier molecular flexibility index (Phi) is 43.1. The average Bonchev–Trinajstić information content (AvgIpc) is 2.94. The molecule has 0 aliphatic carbocycles. The van der Waals surface area contributed by atoms with Crippen molar-refractivity contribution in [2.75, 3.05) is 37.0 Å². The zero-order chi connectivity index (χ0) is 27.7. The van der Waals surface area contributed by atoms with Gasteiger partial charge >= 0.3 is 27.7 Å². The summed E-state index contributed by atoms with van der Waals surface area (Å²) in [5, 5.41) is 0. The molecule has 1 aromatic carbocycles. The van der Waals surface area contributed by atoms with Crippen LogP contribution in [0.5, 0.6) is 0 Å². The Balaban J connectivity index is -0.000000448. The summed E-state index contributed by atoms with van der Waals surface area (Å²) >= 11 is 2.22. The van der Waals surface area contributed by atoms with E-state index in [4.69, 9.17) is 6.42 Å². The van der Waals surface area contributed by atoms with E-state index in [1.807, 2.05) is 30.3 Å². The van der Waals surface area contributed by atoms with Crippen LogP contribution in [-0.2, 0) is 18.2 Å². The minimum atomic E-state index is 0.0675. The van der Waals surface area contributed by atoms with Crippen molar-refractivity contribution in [3.63, 3.8) is 0 Å². The first-order valence-electron chi connectivity index (χ1n) is 14.9. The molecule has 0 atom stereocenters. The summed E-state index contributed by atoms with van der Waals surface area (Å²) in [6, 6.07) is 9.37. The number of unbranched alkanes of at least 4 members (excludes halogenated alkanes) is 6. The van der Waals surface area contributed by atoms with E-state index in [9.17, 15) is 0 Å². The van der Waals surface area contributed by atoms with Crippen LogP contribution in [-0.4, -0.2) is 37.0 Å². The van der Waals surface area contributed by atoms with Gasteiger partial charge < -0.3 is 6.42 Å². The number of benzene rings is 1. The van der Waals surface area contributed by atoms with Gasteiger partial charge in [-0.15, -0.1) is 17.7 Å². The van der Waals surface area contributed by atoms with E-state index >= 15 is 0 Å². The zero-order valence-corrected chi connectivity index (χ0v) is 29.1. The van der Waals surface area contributed by atoms with Crippen LogP contribution in [0.3, 0.4) is 0 Å². The molecule has 0 spiro atoms. The van der Waals surface area contributed by atoms with Gasteiger partial charge in [-0.25, -0.2) is 0 Å². The first-order valence-corrected chi connectivity index (χ1v) is 21.1. The van der Waals surface area contributed by atoms with E-state index in [-0.39, 0.29) is 15.8 Å². The number of hydrogen-bond acceptors (Lipinski definition) is 0. The van der Waals surface area contributed by atoms with Crippen molar-refractivity contribution in [3.8, 4) is 5.92 Å². The monoisotopic (exact) mass is 648 g/mol. The van der Waals surface area contributed by atoms with E-state index in [2.05, 4.69) is 75.2 Å². The van der Waals surface area contributed by atoms with Crippen molar-refractivity contribution in [2.45, 2.75) is 119 Å². The van der Waals surface area contributed by atoms with Crippen molar-refractivity contribution >= 4 is 25.4 Å². The van der Waals surface area contributed by atoms with E-state index in [1.54, 1.807) is 37.0 Å². The Bertz CT molecular complexity index is 471. The predicted octanol–water partition coefficient (Wildman–Crippen LogP) is 11.5. The zero-order valence-electron chi connectivity index (χ0n) is 24.8. The van der Waals surface area contributed by atoms with E-state index in [0.29, 0.717) is 0 Å². The molecule has 0 unspecified atom stereocenters. The fraction of sp³-hybridized carbons (Fsp3) is 0.750. The fourth-order valence-corrected chi connectivity index (χ4v) is 10.5. The van der Waals surface area contributed by atoms with Gasteiger partial charge in [0.2, 0.25) is 0 Å². The maximum absolute atomic E-state index is 6.69. The van der Waals surface area contributed by atoms with Crippen molar-refractivity contribution in [1.82, 2.24) is 0 Å². The first-order chi connectivity index (χ1) is 17.6. The third-order valence-corrected chi connectivity index (χ3v) is 12.6. The van der Waals surface area contributed by atoms with Gasteiger partial charge in [0, 0.05) is 15.8 Å². The molecule has 36 heavy (non-hydrogen) atoms. The molecule has 0 fully saturated rings. The average molecular weight is 650 g/mol. The van der Waals surface area contributed by atoms with Crippen molar-refractivity contribution < 1.29 is 18.2 Å². The number of hydrogen-bond donors (Lipinski definition) is 0. The summed E-state index contributed by atoms with van der Waals surface area (Å²) in [6.07, 6.45) is 33.5. The third kappa shape index (κ3) is 32.6. The van der Waals surface area contributed by atoms with Gasteiger partial charge in [-0.3, -0.25) is 5.92 Å². The minimum absolute atomic E-state index is 0.0675. The third-order valence-electron chi connectivity index (χ3n) is 6.22. The summed E-state index contributed by atoms with van der Waals surface area (Å²) in [4.78, 5) is 0. The van der Waals surface area contributed by atoms with Crippen LogP contribution in [0.15, 0.2) is 30.3 Å². The van der Waals surface area contributed by atoms with Crippen LogP contribution < -0.4 is 0 Å². The molecule has 0 radical (unpaired) electrons. The molecule has 0 N–H and O–H groups in total. The van der Waals surface area contributed by atoms with Gasteiger partial charge in [-0.2, -0.15) is 0 Å². The second-order valence-corrected chi connectivity index (χ2v) is 15.6. The molecule has 0 saturated heterocycles. The van der Waals surface area contributed by atoms with Crippen LogP contribution in [0.1, 0.15) is 124 Å². The summed E-state index contributed by atoms with van der Waals surface area (Å²) in [5.74, 6) is 2.28. The molecular weight excluding hydrogens is 588 g/mol. The molecule has 1 rings (SSSR count). The van der Waals surface area contributed by atoms with Gasteiger partial charge in [0.05, 0.1) is 37.0 Å². The molecule has 0 aliphatic heterocycles. The molecular formula is C32H61ClP2Pd+2. The molecule has 0 aliphatic rings. The maximum atomic E-state index is 6.69. The molecule has 4 heteroatoms. The first kappa shape index (κ1) is 41.1. The molecule has 0 heterocycles. The molecule has 0 saturated carbocycles. The SMILES string of the molecule is CCCC[PH+](CCCC)CCCC.CCCC[PH+](CCCC)CCCC.[C-]#Cc1ccccc1.[Cl][Pd+]. The molecule has 214 valence electrons. The number of rotatable bonds is 18. The molecule has 0 nitrogen and oxygen atoms in total. The van der Waals surface area contributed by atoms with Gasteiger partial charge in [-0.1, -0.05) is 98.3 Å². The fourth-order valence-electron chi connectivity index (χ4n) is 3.83. The van der Waals surface area contributed by atoms with Crippen LogP contribution in [0.25, 0.3) is 0 Å². The molecule has 1 aromatic rings. The van der Waals surface area contributed by atoms with Crippen molar-refractivity contribution in [2.24, 2.45) is 0 Å². The van der Waals surface area contributed by atoms with E-state index in [1.165, 1.54) is 77.0 Å². The van der Waals surface area contributed by atoms with Crippen LogP contribution >= 0.6 is 25.4 Å². The van der Waals surface area contributed by atoms with Crippen LogP contribution in [0.2, 0.25) is 0 Å². The van der Waals surface area contributed by atoms with Gasteiger partial charge in [0.15, 0.2) is 0 Å². The van der Waals surface area contributed by atoms with Gasteiger partial charge in [0.1, 0.15) is 0 Å². The summed E-state index contributed by atoms with van der Waals surface area (Å²) in [7, 11) is 4.62. The Hall–Kier alpha value is 0.592. The molecule has 0 bridgehead atoms. The van der Waals surface area contributed by atoms with E-state index in [0.717, 1.165) is 5.56 Å². The van der Waals surface area contributed by atoms with Gasteiger partial charge in [0.25, 0.3) is 0 Å². The Morgan fingerprint density at radius 3 is 0.972 bits per heavy atom. The molecule has 0 aromatic heterocycles. The summed E-state index contributed by atoms with van der Waals surface area (Å²) in [5.41, 5.74) is 0.826. The topological polar surface area (TPSA) is 0 Å². The van der Waals surface area contributed by atoms with Crippen molar-refractivity contribution in [1.29, 1.82) is 0 Å². The van der Waals surface area contributed by atoms with E-state index < -0.39 is 0 Å². The molecule has 0 amide bonds. The summed E-state index contributed by atoms with van der Waals surface area (Å²) < 4.78 is 0. The predicted molar refractivity (Wildman–Crippen MR) is 174 cm³/mol.